The molecule has 10 nitrogen and oxygen atoms in total. The zero-order valence-corrected chi connectivity index (χ0v) is 26.9. The molecule has 228 valence electrons. The average molecular weight is 659 g/mol. The van der Waals surface area contributed by atoms with Crippen LogP contribution in [0.2, 0.25) is 10.0 Å². The van der Waals surface area contributed by atoms with Gasteiger partial charge in [0.25, 0.3) is 0 Å². The number of hydrogen-bond donors (Lipinski definition) is 0. The van der Waals surface area contributed by atoms with Crippen molar-refractivity contribution in [3.8, 4) is 17.2 Å². The van der Waals surface area contributed by atoms with Gasteiger partial charge in [0.2, 0.25) is 20.0 Å². The topological polar surface area (TPSA) is 106 Å². The van der Waals surface area contributed by atoms with Crippen LogP contribution in [0.1, 0.15) is 5.56 Å². The van der Waals surface area contributed by atoms with E-state index >= 15 is 0 Å². The summed E-state index contributed by atoms with van der Waals surface area (Å²) in [5.74, 6) is 1.65. The second-order valence-electron chi connectivity index (χ2n) is 9.54. The van der Waals surface area contributed by atoms with E-state index in [-0.39, 0.29) is 39.5 Å². The van der Waals surface area contributed by atoms with Crippen molar-refractivity contribution in [1.82, 2.24) is 8.61 Å². The molecule has 0 amide bonds. The van der Waals surface area contributed by atoms with Gasteiger partial charge in [0.05, 0.1) is 42.0 Å². The number of piperazine rings is 1. The Morgan fingerprint density at radius 1 is 0.810 bits per heavy atom. The van der Waals surface area contributed by atoms with E-state index in [0.717, 1.165) is 5.56 Å². The van der Waals surface area contributed by atoms with E-state index < -0.39 is 20.0 Å². The molecule has 42 heavy (non-hydrogen) atoms. The number of methoxy groups -OCH3 is 3. The number of rotatable bonds is 11. The Kier molecular flexibility index (Phi) is 10.2. The molecule has 0 aromatic heterocycles. The van der Waals surface area contributed by atoms with Crippen LogP contribution in [0.4, 0.5) is 5.69 Å². The lowest BCUT2D eigenvalue weighted by Gasteiger charge is -2.36. The highest BCUT2D eigenvalue weighted by atomic mass is 35.5. The summed E-state index contributed by atoms with van der Waals surface area (Å²) in [7, 11) is -1.58. The van der Waals surface area contributed by atoms with Crippen molar-refractivity contribution in [3.05, 3.63) is 70.2 Å². The molecule has 3 aromatic carbocycles. The minimum atomic E-state index is -3.88. The van der Waals surface area contributed by atoms with Crippen LogP contribution in [0.15, 0.2) is 64.4 Å². The van der Waals surface area contributed by atoms with Gasteiger partial charge in [-0.1, -0.05) is 35.3 Å². The van der Waals surface area contributed by atoms with Crippen LogP contribution < -0.4 is 19.1 Å². The molecule has 0 saturated carbocycles. The molecular weight excluding hydrogens is 625 g/mol. The fourth-order valence-corrected chi connectivity index (χ4v) is 8.04. The number of anilines is 1. The first kappa shape index (κ1) is 32.2. The second kappa shape index (κ2) is 13.3. The highest BCUT2D eigenvalue weighted by molar-refractivity contribution is 7.89. The fraction of sp³-hybridized carbons (Fsp3) is 0.357. The maximum Gasteiger partial charge on any atom is 0.244 e. The number of nitrogens with zero attached hydrogens (tertiary/aromatic N) is 3. The summed E-state index contributed by atoms with van der Waals surface area (Å²) in [6.07, 6.45) is 0.464. The van der Waals surface area contributed by atoms with Gasteiger partial charge in [-0.2, -0.15) is 4.31 Å². The number of benzene rings is 3. The Morgan fingerprint density at radius 3 is 2.10 bits per heavy atom. The van der Waals surface area contributed by atoms with Gasteiger partial charge in [-0.15, -0.1) is 0 Å². The summed E-state index contributed by atoms with van der Waals surface area (Å²) in [5, 5.41) is 0.143. The van der Waals surface area contributed by atoms with Crippen LogP contribution in [-0.4, -0.2) is 86.5 Å². The summed E-state index contributed by atoms with van der Waals surface area (Å²) >= 11 is 12.2. The molecule has 0 atom stereocenters. The van der Waals surface area contributed by atoms with Gasteiger partial charge < -0.3 is 19.1 Å². The van der Waals surface area contributed by atoms with Crippen molar-refractivity contribution in [2.45, 2.75) is 16.2 Å². The van der Waals surface area contributed by atoms with Crippen LogP contribution in [-0.2, 0) is 26.5 Å². The Bertz CT molecular complexity index is 1650. The predicted molar refractivity (Wildman–Crippen MR) is 163 cm³/mol. The van der Waals surface area contributed by atoms with Crippen molar-refractivity contribution < 1.29 is 31.0 Å². The quantitative estimate of drug-likeness (QED) is 0.299. The number of sulfonamides is 2. The Labute approximate surface area is 257 Å². The molecule has 1 heterocycles. The SMILES string of the molecule is COc1ccc(CCN(C)S(=O)(=O)c2ccc(OC)c(N3CCN(S(=O)(=O)c4cccc(Cl)c4Cl)CC3)c2)cc1OC. The Morgan fingerprint density at radius 2 is 1.45 bits per heavy atom. The first-order valence-electron chi connectivity index (χ1n) is 13.0. The summed E-state index contributed by atoms with van der Waals surface area (Å²) in [4.78, 5) is 1.97. The van der Waals surface area contributed by atoms with Crippen molar-refractivity contribution in [2.75, 3.05) is 66.0 Å². The molecule has 14 heteroatoms. The molecule has 0 aliphatic carbocycles. The molecular formula is C28H33Cl2N3O7S2. The highest BCUT2D eigenvalue weighted by Gasteiger charge is 2.32. The summed E-state index contributed by atoms with van der Waals surface area (Å²) < 4.78 is 72.4. The minimum Gasteiger partial charge on any atom is -0.495 e. The van der Waals surface area contributed by atoms with Gasteiger partial charge in [-0.05, 0) is 54.4 Å². The summed E-state index contributed by atoms with van der Waals surface area (Å²) in [5.41, 5.74) is 1.46. The number of ether oxygens (including phenoxy) is 3. The molecule has 0 unspecified atom stereocenters. The van der Waals surface area contributed by atoms with Gasteiger partial charge in [0, 0.05) is 39.8 Å². The first-order chi connectivity index (χ1) is 19.9. The van der Waals surface area contributed by atoms with Crippen molar-refractivity contribution in [3.63, 3.8) is 0 Å². The van der Waals surface area contributed by atoms with E-state index in [4.69, 9.17) is 37.4 Å². The molecule has 4 rings (SSSR count). The van der Waals surface area contributed by atoms with Crippen LogP contribution in [0, 0.1) is 0 Å². The largest absolute Gasteiger partial charge is 0.495 e. The van der Waals surface area contributed by atoms with Gasteiger partial charge in [0.1, 0.15) is 10.6 Å². The van der Waals surface area contributed by atoms with Crippen LogP contribution in [0.25, 0.3) is 0 Å². The molecule has 1 aliphatic rings. The maximum atomic E-state index is 13.5. The van der Waals surface area contributed by atoms with E-state index in [2.05, 4.69) is 0 Å². The van der Waals surface area contributed by atoms with Gasteiger partial charge >= 0.3 is 0 Å². The van der Waals surface area contributed by atoms with E-state index in [1.54, 1.807) is 38.5 Å². The maximum absolute atomic E-state index is 13.5. The number of halogens is 2. The standard InChI is InChI=1S/C28H33Cl2N3O7S2/c1-31(13-12-20-8-10-25(39-3)26(18-20)40-4)41(34,35)21-9-11-24(38-2)23(19-21)32-14-16-33(17-15-32)42(36,37)27-7-5-6-22(29)28(27)30/h5-11,18-19H,12-17H2,1-4H3. The monoisotopic (exact) mass is 657 g/mol. The Balaban J connectivity index is 1.49. The third kappa shape index (κ3) is 6.58. The fourth-order valence-electron chi connectivity index (χ4n) is 4.69. The Hall–Kier alpha value is -2.74. The lowest BCUT2D eigenvalue weighted by atomic mass is 10.1. The zero-order valence-electron chi connectivity index (χ0n) is 23.7. The van der Waals surface area contributed by atoms with Crippen LogP contribution >= 0.6 is 23.2 Å². The van der Waals surface area contributed by atoms with Crippen molar-refractivity contribution in [2.24, 2.45) is 0 Å². The third-order valence-corrected chi connectivity index (χ3v) is 11.9. The predicted octanol–water partition coefficient (Wildman–Crippen LogP) is 4.39. The molecule has 0 spiro atoms. The summed E-state index contributed by atoms with van der Waals surface area (Å²) in [6.45, 7) is 1.19. The molecule has 3 aromatic rings. The van der Waals surface area contributed by atoms with E-state index in [1.165, 1.54) is 41.0 Å². The number of hydrogen-bond acceptors (Lipinski definition) is 8. The molecule has 0 radical (unpaired) electrons. The minimum absolute atomic E-state index is 0.0172. The normalized spacial score (nSPS) is 14.7. The average Bonchev–Trinajstić information content (AvgIpc) is 3.00. The van der Waals surface area contributed by atoms with Gasteiger partial charge in [-0.25, -0.2) is 21.1 Å². The highest BCUT2D eigenvalue weighted by Crippen LogP contribution is 2.35. The third-order valence-electron chi connectivity index (χ3n) is 7.14. The molecule has 1 fully saturated rings. The number of likely N-dealkylation sites (N-methyl/N-ethyl adjacent to an activating group) is 1. The van der Waals surface area contributed by atoms with E-state index in [9.17, 15) is 16.8 Å². The molecule has 1 aliphatic heterocycles. The zero-order chi connectivity index (χ0) is 30.7. The molecule has 0 bridgehead atoms. The first-order valence-corrected chi connectivity index (χ1v) is 16.6. The summed E-state index contributed by atoms with van der Waals surface area (Å²) in [6, 6.07) is 14.7. The van der Waals surface area contributed by atoms with E-state index in [0.29, 0.717) is 42.4 Å². The molecule has 1 saturated heterocycles. The van der Waals surface area contributed by atoms with Gasteiger partial charge in [0.15, 0.2) is 11.5 Å². The van der Waals surface area contributed by atoms with Crippen molar-refractivity contribution in [1.29, 1.82) is 0 Å². The second-order valence-corrected chi connectivity index (χ2v) is 14.3. The van der Waals surface area contributed by atoms with Crippen LogP contribution in [0.3, 0.4) is 0 Å². The van der Waals surface area contributed by atoms with Gasteiger partial charge in [-0.3, -0.25) is 0 Å². The van der Waals surface area contributed by atoms with Crippen molar-refractivity contribution >= 4 is 48.9 Å². The van der Waals surface area contributed by atoms with E-state index in [1.807, 2.05) is 17.0 Å². The lowest BCUT2D eigenvalue weighted by Crippen LogP contribution is -2.48. The smallest absolute Gasteiger partial charge is 0.244 e. The van der Waals surface area contributed by atoms with Crippen LogP contribution in [0.5, 0.6) is 17.2 Å². The lowest BCUT2D eigenvalue weighted by molar-refractivity contribution is 0.354. The molecule has 0 N–H and O–H groups in total.